The van der Waals surface area contributed by atoms with Crippen LogP contribution >= 0.6 is 0 Å². The topological polar surface area (TPSA) is 46.6 Å². The lowest BCUT2D eigenvalue weighted by Gasteiger charge is -2.30. The molecule has 1 rings (SSSR count). The van der Waals surface area contributed by atoms with Crippen LogP contribution in [-0.4, -0.2) is 36.5 Å². The van der Waals surface area contributed by atoms with E-state index in [2.05, 4.69) is 13.5 Å². The number of piperidine rings is 1. The summed E-state index contributed by atoms with van der Waals surface area (Å²) in [6, 6.07) is 0. The fourth-order valence-corrected chi connectivity index (χ4v) is 2.28. The Hall–Kier alpha value is -1.32. The van der Waals surface area contributed by atoms with Crippen molar-refractivity contribution in [3.8, 4) is 0 Å². The molecule has 0 aromatic rings. The third-order valence-electron chi connectivity index (χ3n) is 3.56. The Morgan fingerprint density at radius 3 is 2.53 bits per heavy atom. The molecule has 1 aliphatic heterocycles. The molecule has 19 heavy (non-hydrogen) atoms. The van der Waals surface area contributed by atoms with Crippen molar-refractivity contribution >= 4 is 11.9 Å². The maximum Gasteiger partial charge on any atom is 0.309 e. The summed E-state index contributed by atoms with van der Waals surface area (Å²) in [5.41, 5.74) is 0. The average molecular weight is 267 g/mol. The number of carbonyl (C=O) groups is 2. The van der Waals surface area contributed by atoms with Gasteiger partial charge in [-0.15, -0.1) is 0 Å². The summed E-state index contributed by atoms with van der Waals surface area (Å²) >= 11 is 0. The quantitative estimate of drug-likeness (QED) is 0.404. The van der Waals surface area contributed by atoms with Gasteiger partial charge in [0.25, 0.3) is 0 Å². The lowest BCUT2D eigenvalue weighted by molar-refractivity contribution is -0.151. The number of nitrogens with zero attached hydrogens (tertiary/aromatic N) is 1. The van der Waals surface area contributed by atoms with Crippen molar-refractivity contribution in [1.82, 2.24) is 4.90 Å². The number of rotatable bonds is 7. The van der Waals surface area contributed by atoms with Gasteiger partial charge in [0.05, 0.1) is 12.5 Å². The van der Waals surface area contributed by atoms with Gasteiger partial charge in [-0.1, -0.05) is 32.8 Å². The normalized spacial score (nSPS) is 16.2. The first kappa shape index (κ1) is 15.7. The molecule has 1 amide bonds. The number of hydrogen-bond donors (Lipinski definition) is 0. The van der Waals surface area contributed by atoms with Crippen LogP contribution in [0.15, 0.2) is 12.7 Å². The highest BCUT2D eigenvalue weighted by atomic mass is 16.5. The van der Waals surface area contributed by atoms with Crippen LogP contribution in [-0.2, 0) is 14.3 Å². The molecule has 0 radical (unpaired) electrons. The minimum atomic E-state index is -0.0952. The predicted octanol–water partition coefficient (Wildman–Crippen LogP) is 2.53. The van der Waals surface area contributed by atoms with Crippen molar-refractivity contribution in [2.45, 2.75) is 45.4 Å². The molecule has 0 saturated carbocycles. The van der Waals surface area contributed by atoms with Gasteiger partial charge in [-0.25, -0.2) is 0 Å². The third kappa shape index (κ3) is 5.45. The van der Waals surface area contributed by atoms with Crippen LogP contribution in [0.3, 0.4) is 0 Å². The summed E-state index contributed by atoms with van der Waals surface area (Å²) < 4.78 is 5.29. The standard InChI is InChI=1S/C15H25NO3/c1-3-5-6-7-12-19-15(18)13-8-10-16(11-9-13)14(17)4-2/h4,13H,2-3,5-12H2,1H3. The summed E-state index contributed by atoms with van der Waals surface area (Å²) in [5.74, 6) is -0.186. The van der Waals surface area contributed by atoms with Gasteiger partial charge in [0.1, 0.15) is 0 Å². The summed E-state index contributed by atoms with van der Waals surface area (Å²) in [6.45, 7) is 7.41. The van der Waals surface area contributed by atoms with E-state index in [4.69, 9.17) is 4.74 Å². The van der Waals surface area contributed by atoms with Gasteiger partial charge in [-0.2, -0.15) is 0 Å². The highest BCUT2D eigenvalue weighted by Crippen LogP contribution is 2.19. The molecule has 0 aromatic carbocycles. The van der Waals surface area contributed by atoms with Crippen molar-refractivity contribution in [3.05, 3.63) is 12.7 Å². The maximum absolute atomic E-state index is 11.8. The molecular weight excluding hydrogens is 242 g/mol. The number of unbranched alkanes of at least 4 members (excludes halogenated alkanes) is 3. The van der Waals surface area contributed by atoms with E-state index in [0.717, 1.165) is 12.8 Å². The third-order valence-corrected chi connectivity index (χ3v) is 3.56. The van der Waals surface area contributed by atoms with Crippen molar-refractivity contribution in [1.29, 1.82) is 0 Å². The Bertz CT molecular complexity index is 307. The van der Waals surface area contributed by atoms with Crippen LogP contribution in [0.1, 0.15) is 45.4 Å². The van der Waals surface area contributed by atoms with E-state index in [1.807, 2.05) is 0 Å². The van der Waals surface area contributed by atoms with E-state index in [0.29, 0.717) is 32.5 Å². The van der Waals surface area contributed by atoms with Crippen LogP contribution in [0.5, 0.6) is 0 Å². The van der Waals surface area contributed by atoms with Gasteiger partial charge in [0.2, 0.25) is 5.91 Å². The average Bonchev–Trinajstić information content (AvgIpc) is 2.46. The molecule has 1 fully saturated rings. The number of carbonyl (C=O) groups excluding carboxylic acids is 2. The van der Waals surface area contributed by atoms with Crippen LogP contribution < -0.4 is 0 Å². The number of esters is 1. The van der Waals surface area contributed by atoms with Crippen molar-refractivity contribution < 1.29 is 14.3 Å². The van der Waals surface area contributed by atoms with E-state index in [1.165, 1.54) is 18.9 Å². The minimum Gasteiger partial charge on any atom is -0.465 e. The minimum absolute atomic E-state index is 0.0416. The molecule has 0 bridgehead atoms. The zero-order valence-electron chi connectivity index (χ0n) is 11.9. The maximum atomic E-state index is 11.8. The van der Waals surface area contributed by atoms with E-state index in [1.54, 1.807) is 4.90 Å². The molecule has 4 heteroatoms. The number of ether oxygens (including phenoxy) is 1. The Kier molecular flexibility index (Phi) is 7.23. The monoisotopic (exact) mass is 267 g/mol. The van der Waals surface area contributed by atoms with E-state index in [-0.39, 0.29) is 17.8 Å². The molecule has 1 aliphatic rings. The second-order valence-corrected chi connectivity index (χ2v) is 5.03. The Morgan fingerprint density at radius 1 is 1.26 bits per heavy atom. The van der Waals surface area contributed by atoms with E-state index < -0.39 is 0 Å². The molecular formula is C15H25NO3. The first-order valence-corrected chi connectivity index (χ1v) is 7.27. The summed E-state index contributed by atoms with van der Waals surface area (Å²) in [4.78, 5) is 25.0. The molecule has 0 aliphatic carbocycles. The highest BCUT2D eigenvalue weighted by Gasteiger charge is 2.27. The van der Waals surface area contributed by atoms with Gasteiger partial charge in [0.15, 0.2) is 0 Å². The molecule has 0 unspecified atom stereocenters. The predicted molar refractivity (Wildman–Crippen MR) is 74.6 cm³/mol. The first-order chi connectivity index (χ1) is 9.19. The van der Waals surface area contributed by atoms with Gasteiger partial charge in [-0.3, -0.25) is 9.59 Å². The van der Waals surface area contributed by atoms with Gasteiger partial charge < -0.3 is 9.64 Å². The smallest absolute Gasteiger partial charge is 0.309 e. The largest absolute Gasteiger partial charge is 0.465 e. The van der Waals surface area contributed by atoms with Gasteiger partial charge in [0, 0.05) is 13.1 Å². The Labute approximate surface area is 115 Å². The van der Waals surface area contributed by atoms with E-state index in [9.17, 15) is 9.59 Å². The van der Waals surface area contributed by atoms with Crippen LogP contribution in [0.25, 0.3) is 0 Å². The molecule has 0 spiro atoms. The first-order valence-electron chi connectivity index (χ1n) is 7.27. The zero-order valence-corrected chi connectivity index (χ0v) is 11.9. The van der Waals surface area contributed by atoms with Crippen molar-refractivity contribution in [3.63, 3.8) is 0 Å². The molecule has 1 heterocycles. The summed E-state index contributed by atoms with van der Waals surface area (Å²) in [7, 11) is 0. The lowest BCUT2D eigenvalue weighted by Crippen LogP contribution is -2.39. The van der Waals surface area contributed by atoms with E-state index >= 15 is 0 Å². The van der Waals surface area contributed by atoms with Crippen LogP contribution in [0, 0.1) is 5.92 Å². The second kappa shape index (κ2) is 8.73. The SMILES string of the molecule is C=CC(=O)N1CCC(C(=O)OCCCCCC)CC1. The van der Waals surface area contributed by atoms with Crippen LogP contribution in [0.2, 0.25) is 0 Å². The molecule has 1 saturated heterocycles. The summed E-state index contributed by atoms with van der Waals surface area (Å²) in [5, 5.41) is 0. The second-order valence-electron chi connectivity index (χ2n) is 5.03. The number of amides is 1. The lowest BCUT2D eigenvalue weighted by atomic mass is 9.97. The van der Waals surface area contributed by atoms with Gasteiger partial charge in [-0.05, 0) is 25.3 Å². The zero-order chi connectivity index (χ0) is 14.1. The molecule has 0 atom stereocenters. The highest BCUT2D eigenvalue weighted by molar-refractivity contribution is 5.87. The Morgan fingerprint density at radius 2 is 1.95 bits per heavy atom. The fraction of sp³-hybridized carbons (Fsp3) is 0.733. The molecule has 4 nitrogen and oxygen atoms in total. The van der Waals surface area contributed by atoms with Crippen molar-refractivity contribution in [2.75, 3.05) is 19.7 Å². The molecule has 108 valence electrons. The Balaban J connectivity index is 2.18. The number of likely N-dealkylation sites (tertiary alicyclic amines) is 1. The molecule has 0 N–H and O–H groups in total. The van der Waals surface area contributed by atoms with Crippen molar-refractivity contribution in [2.24, 2.45) is 5.92 Å². The van der Waals surface area contributed by atoms with Gasteiger partial charge >= 0.3 is 5.97 Å². The molecule has 0 aromatic heterocycles. The fourth-order valence-electron chi connectivity index (χ4n) is 2.28. The van der Waals surface area contributed by atoms with Crippen LogP contribution in [0.4, 0.5) is 0 Å². The number of hydrogen-bond acceptors (Lipinski definition) is 3. The summed E-state index contributed by atoms with van der Waals surface area (Å²) in [6.07, 6.45) is 7.18.